The third kappa shape index (κ3) is 4.36. The minimum absolute atomic E-state index is 0.110. The Bertz CT molecular complexity index is 1210. The molecule has 1 fully saturated rings. The van der Waals surface area contributed by atoms with Crippen molar-refractivity contribution in [1.82, 2.24) is 10.3 Å². The summed E-state index contributed by atoms with van der Waals surface area (Å²) in [5.41, 5.74) is 3.24. The Morgan fingerprint density at radius 3 is 2.68 bits per heavy atom. The van der Waals surface area contributed by atoms with E-state index in [1.165, 1.54) is 17.6 Å². The highest BCUT2D eigenvalue weighted by Crippen LogP contribution is 2.45. The summed E-state index contributed by atoms with van der Waals surface area (Å²) in [7, 11) is -1.93. The molecule has 0 saturated carbocycles. The van der Waals surface area contributed by atoms with Gasteiger partial charge in [0.1, 0.15) is 5.75 Å². The van der Waals surface area contributed by atoms with E-state index in [1.54, 1.807) is 29.7 Å². The number of aryl methyl sites for hydroxylation is 1. The van der Waals surface area contributed by atoms with Crippen LogP contribution in [0.25, 0.3) is 0 Å². The molecule has 7 nitrogen and oxygen atoms in total. The molecule has 3 aromatic rings. The number of thiophene rings is 1. The molecule has 31 heavy (non-hydrogen) atoms. The highest BCUT2D eigenvalue weighted by atomic mass is 32.2. The van der Waals surface area contributed by atoms with Gasteiger partial charge >= 0.3 is 0 Å². The van der Waals surface area contributed by atoms with E-state index in [0.717, 1.165) is 17.6 Å². The normalized spacial score (nSPS) is 18.7. The van der Waals surface area contributed by atoms with Crippen LogP contribution in [0.3, 0.4) is 0 Å². The third-order valence-electron chi connectivity index (χ3n) is 5.03. The van der Waals surface area contributed by atoms with Crippen molar-refractivity contribution in [3.8, 4) is 5.75 Å². The first-order valence-electron chi connectivity index (χ1n) is 9.49. The van der Waals surface area contributed by atoms with Crippen molar-refractivity contribution in [1.29, 1.82) is 0 Å². The standard InChI is InChI=1S/C21H22N4O3S3/c1-13-9-11-30-20(13)19-18(16-6-4-5-10-22-16)23-21(29)25(19)14-7-8-15(17(12-14)28-2)24-31(3,26)27/h4-12,18-19,24H,1-3H3,(H,23,29)/t18-,19-/m0/s1. The molecule has 0 aliphatic carbocycles. The van der Waals surface area contributed by atoms with Gasteiger partial charge in [0.2, 0.25) is 10.0 Å². The molecular weight excluding hydrogens is 452 g/mol. The number of benzene rings is 1. The summed E-state index contributed by atoms with van der Waals surface area (Å²) >= 11 is 7.41. The van der Waals surface area contributed by atoms with Crippen LogP contribution in [0, 0.1) is 6.92 Å². The molecule has 0 spiro atoms. The van der Waals surface area contributed by atoms with Crippen molar-refractivity contribution in [3.63, 3.8) is 0 Å². The smallest absolute Gasteiger partial charge is 0.229 e. The van der Waals surface area contributed by atoms with Crippen LogP contribution in [0.5, 0.6) is 5.75 Å². The van der Waals surface area contributed by atoms with Crippen molar-refractivity contribution in [2.45, 2.75) is 19.0 Å². The number of hydrogen-bond donors (Lipinski definition) is 2. The zero-order valence-electron chi connectivity index (χ0n) is 17.2. The predicted molar refractivity (Wildman–Crippen MR) is 128 cm³/mol. The Balaban J connectivity index is 1.81. The molecule has 0 radical (unpaired) electrons. The molecule has 2 aromatic heterocycles. The summed E-state index contributed by atoms with van der Waals surface area (Å²) in [6.07, 6.45) is 2.88. The second-order valence-corrected chi connectivity index (χ2v) is 10.3. The van der Waals surface area contributed by atoms with E-state index in [2.05, 4.69) is 33.4 Å². The van der Waals surface area contributed by atoms with E-state index < -0.39 is 10.0 Å². The van der Waals surface area contributed by atoms with Gasteiger partial charge in [0.05, 0.1) is 36.8 Å². The maximum atomic E-state index is 11.7. The van der Waals surface area contributed by atoms with Gasteiger partial charge < -0.3 is 15.0 Å². The average molecular weight is 475 g/mol. The summed E-state index contributed by atoms with van der Waals surface area (Å²) in [4.78, 5) is 7.78. The number of rotatable bonds is 6. The molecule has 10 heteroatoms. The van der Waals surface area contributed by atoms with Gasteiger partial charge in [-0.1, -0.05) is 6.07 Å². The lowest BCUT2D eigenvalue weighted by Gasteiger charge is -2.28. The van der Waals surface area contributed by atoms with E-state index in [0.29, 0.717) is 16.5 Å². The lowest BCUT2D eigenvalue weighted by molar-refractivity contribution is 0.417. The monoisotopic (exact) mass is 474 g/mol. The third-order valence-corrected chi connectivity index (χ3v) is 7.02. The molecule has 0 amide bonds. The summed E-state index contributed by atoms with van der Waals surface area (Å²) in [5.74, 6) is 0.411. The number of sulfonamides is 1. The molecule has 2 atom stereocenters. The second-order valence-electron chi connectivity index (χ2n) is 7.22. The zero-order chi connectivity index (χ0) is 22.2. The van der Waals surface area contributed by atoms with Crippen molar-refractivity contribution in [3.05, 3.63) is 70.2 Å². The quantitative estimate of drug-likeness (QED) is 0.522. The maximum absolute atomic E-state index is 11.7. The molecule has 0 bridgehead atoms. The summed E-state index contributed by atoms with van der Waals surface area (Å²) < 4.78 is 31.3. The zero-order valence-corrected chi connectivity index (χ0v) is 19.6. The van der Waals surface area contributed by atoms with Crippen LogP contribution in [0.15, 0.2) is 54.0 Å². The molecule has 2 N–H and O–H groups in total. The van der Waals surface area contributed by atoms with E-state index in [1.807, 2.05) is 29.2 Å². The Kier molecular flexibility index (Phi) is 5.87. The minimum atomic E-state index is -3.44. The largest absolute Gasteiger partial charge is 0.494 e. The van der Waals surface area contributed by atoms with E-state index >= 15 is 0 Å². The van der Waals surface area contributed by atoms with Crippen molar-refractivity contribution in [2.24, 2.45) is 0 Å². The van der Waals surface area contributed by atoms with Gasteiger partial charge in [-0.3, -0.25) is 9.71 Å². The van der Waals surface area contributed by atoms with Gasteiger partial charge in [-0.25, -0.2) is 8.42 Å². The SMILES string of the molecule is COc1cc(N2C(=S)N[C@@H](c3ccccn3)[C@H]2c2sccc2C)ccc1NS(C)(=O)=O. The fourth-order valence-electron chi connectivity index (χ4n) is 3.70. The number of aromatic nitrogens is 1. The number of nitrogens with zero attached hydrogens (tertiary/aromatic N) is 2. The number of hydrogen-bond acceptors (Lipinski definition) is 6. The molecule has 162 valence electrons. The Morgan fingerprint density at radius 2 is 2.06 bits per heavy atom. The van der Waals surface area contributed by atoms with Crippen molar-refractivity contribution >= 4 is 50.1 Å². The topological polar surface area (TPSA) is 83.6 Å². The molecular formula is C21H22N4O3S3. The van der Waals surface area contributed by atoms with Gasteiger partial charge in [0.25, 0.3) is 0 Å². The Morgan fingerprint density at radius 1 is 1.26 bits per heavy atom. The Labute approximate surface area is 191 Å². The lowest BCUT2D eigenvalue weighted by atomic mass is 10.0. The second kappa shape index (κ2) is 8.45. The van der Waals surface area contributed by atoms with Crippen LogP contribution >= 0.6 is 23.6 Å². The number of pyridine rings is 1. The first kappa shape index (κ1) is 21.5. The van der Waals surface area contributed by atoms with Crippen LogP contribution in [-0.4, -0.2) is 31.9 Å². The summed E-state index contributed by atoms with van der Waals surface area (Å²) in [6, 6.07) is 13.0. The lowest BCUT2D eigenvalue weighted by Crippen LogP contribution is -2.29. The van der Waals surface area contributed by atoms with Crippen LogP contribution in [0.4, 0.5) is 11.4 Å². The molecule has 4 rings (SSSR count). The number of thiocarbonyl (C=S) groups is 1. The van der Waals surface area contributed by atoms with Crippen LogP contribution in [-0.2, 0) is 10.0 Å². The number of anilines is 2. The first-order chi connectivity index (χ1) is 14.8. The molecule has 3 heterocycles. The van der Waals surface area contributed by atoms with Gasteiger partial charge in [-0.2, -0.15) is 0 Å². The minimum Gasteiger partial charge on any atom is -0.494 e. The van der Waals surface area contributed by atoms with Crippen molar-refractivity contribution in [2.75, 3.05) is 23.0 Å². The summed E-state index contributed by atoms with van der Waals surface area (Å²) in [6.45, 7) is 2.08. The van der Waals surface area contributed by atoms with Gasteiger partial charge in [-0.05, 0) is 60.4 Å². The fourth-order valence-corrected chi connectivity index (χ4v) is 5.67. The van der Waals surface area contributed by atoms with E-state index in [-0.39, 0.29) is 12.1 Å². The molecule has 1 aliphatic rings. The number of nitrogens with one attached hydrogen (secondary N) is 2. The van der Waals surface area contributed by atoms with Crippen molar-refractivity contribution < 1.29 is 13.2 Å². The number of methoxy groups -OCH3 is 1. The molecule has 1 aliphatic heterocycles. The molecule has 0 unspecified atom stereocenters. The average Bonchev–Trinajstić information content (AvgIpc) is 3.30. The highest BCUT2D eigenvalue weighted by molar-refractivity contribution is 7.92. The Hall–Kier alpha value is -2.69. The van der Waals surface area contributed by atoms with Gasteiger partial charge in [0, 0.05) is 22.8 Å². The molecule has 1 saturated heterocycles. The first-order valence-corrected chi connectivity index (χ1v) is 12.7. The summed E-state index contributed by atoms with van der Waals surface area (Å²) in [5, 5.41) is 6.06. The van der Waals surface area contributed by atoms with Crippen LogP contribution in [0.1, 0.15) is 28.2 Å². The maximum Gasteiger partial charge on any atom is 0.229 e. The number of ether oxygens (including phenoxy) is 1. The fraction of sp³-hybridized carbons (Fsp3) is 0.238. The van der Waals surface area contributed by atoms with E-state index in [9.17, 15) is 8.42 Å². The molecule has 1 aromatic carbocycles. The van der Waals surface area contributed by atoms with Gasteiger partial charge in [0.15, 0.2) is 5.11 Å². The highest BCUT2D eigenvalue weighted by Gasteiger charge is 2.42. The van der Waals surface area contributed by atoms with E-state index in [4.69, 9.17) is 17.0 Å². The van der Waals surface area contributed by atoms with Crippen LogP contribution in [0.2, 0.25) is 0 Å². The predicted octanol–water partition coefficient (Wildman–Crippen LogP) is 4.01. The van der Waals surface area contributed by atoms with Gasteiger partial charge in [-0.15, -0.1) is 11.3 Å². The van der Waals surface area contributed by atoms with Crippen LogP contribution < -0.4 is 19.7 Å².